The van der Waals surface area contributed by atoms with Gasteiger partial charge < -0.3 is 20.9 Å². The molecule has 4 N–H and O–H groups in total. The van der Waals surface area contributed by atoms with E-state index in [4.69, 9.17) is 5.73 Å². The molecular weight excluding hydrogens is 406 g/mol. The summed E-state index contributed by atoms with van der Waals surface area (Å²) in [6, 6.07) is 3.97. The van der Waals surface area contributed by atoms with Crippen LogP contribution in [0.1, 0.15) is 12.6 Å². The summed E-state index contributed by atoms with van der Waals surface area (Å²) in [7, 11) is 3.44. The number of aryl methyl sites for hydroxylation is 1. The zero-order valence-corrected chi connectivity index (χ0v) is 18.0. The second-order valence-corrected chi connectivity index (χ2v) is 7.90. The van der Waals surface area contributed by atoms with Gasteiger partial charge in [0, 0.05) is 60.5 Å². The van der Waals surface area contributed by atoms with E-state index in [0.717, 1.165) is 45.5 Å². The van der Waals surface area contributed by atoms with Gasteiger partial charge in [-0.3, -0.25) is 4.79 Å². The summed E-state index contributed by atoms with van der Waals surface area (Å²) < 4.78 is 1.63. The summed E-state index contributed by atoms with van der Waals surface area (Å²) in [6.45, 7) is 2.03. The summed E-state index contributed by atoms with van der Waals surface area (Å²) in [4.78, 5) is 30.7. The lowest BCUT2D eigenvalue weighted by atomic mass is 10.0. The van der Waals surface area contributed by atoms with Gasteiger partial charge in [0.1, 0.15) is 5.65 Å². The molecule has 4 aromatic heterocycles. The number of nitrogens with one attached hydrogen (secondary N) is 2. The minimum Gasteiger partial charge on any atom is -0.368 e. The van der Waals surface area contributed by atoms with Crippen LogP contribution in [0.25, 0.3) is 33.4 Å². The quantitative estimate of drug-likeness (QED) is 0.441. The average molecular weight is 429 g/mol. The molecule has 0 aliphatic carbocycles. The first-order chi connectivity index (χ1) is 15.4. The van der Waals surface area contributed by atoms with E-state index in [1.165, 1.54) is 4.90 Å². The van der Waals surface area contributed by atoms with Gasteiger partial charge in [0.25, 0.3) is 5.91 Å². The van der Waals surface area contributed by atoms with Gasteiger partial charge in [-0.2, -0.15) is 5.10 Å². The Balaban J connectivity index is 1.56. The van der Waals surface area contributed by atoms with Gasteiger partial charge in [0.15, 0.2) is 0 Å². The number of carbonyl (C=O) groups is 1. The number of nitrogens with zero attached hydrogens (tertiary/aromatic N) is 6. The van der Waals surface area contributed by atoms with Crippen molar-refractivity contribution in [2.24, 2.45) is 0 Å². The topological polar surface area (TPSA) is 131 Å². The summed E-state index contributed by atoms with van der Waals surface area (Å²) in [5, 5.41) is 8.44. The third-order valence-corrected chi connectivity index (χ3v) is 5.60. The van der Waals surface area contributed by atoms with Crippen LogP contribution in [0.2, 0.25) is 0 Å². The fourth-order valence-corrected chi connectivity index (χ4v) is 3.83. The molecule has 5 heterocycles. The summed E-state index contributed by atoms with van der Waals surface area (Å²) >= 11 is 0. The number of carbonyl (C=O) groups excluding carboxylic acids is 1. The number of hydrogen-bond donors (Lipinski definition) is 3. The van der Waals surface area contributed by atoms with Crippen LogP contribution in [-0.2, 0) is 16.9 Å². The second-order valence-electron chi connectivity index (χ2n) is 7.90. The molecule has 1 amide bonds. The molecule has 162 valence electrons. The van der Waals surface area contributed by atoms with Crippen molar-refractivity contribution in [3.63, 3.8) is 0 Å². The highest BCUT2D eigenvalue weighted by Crippen LogP contribution is 2.32. The first-order valence-electron chi connectivity index (χ1n) is 10.2. The Morgan fingerprint density at radius 1 is 1.22 bits per heavy atom. The SMILES string of the molecule is CCc1cc(-c2c[nH]c3ncc(-c4cnn(C5(C(=O)N(C)C)C=CN5)c4)cc23)nc(N)n1. The Hall–Kier alpha value is -4.21. The van der Waals surface area contributed by atoms with E-state index in [1.807, 2.05) is 31.5 Å². The highest BCUT2D eigenvalue weighted by molar-refractivity contribution is 5.95. The van der Waals surface area contributed by atoms with E-state index in [2.05, 4.69) is 30.4 Å². The predicted molar refractivity (Wildman–Crippen MR) is 121 cm³/mol. The van der Waals surface area contributed by atoms with Crippen LogP contribution < -0.4 is 11.1 Å². The fourth-order valence-electron chi connectivity index (χ4n) is 3.83. The van der Waals surface area contributed by atoms with Crippen molar-refractivity contribution >= 4 is 22.9 Å². The lowest BCUT2D eigenvalue weighted by Crippen LogP contribution is -2.59. The number of likely N-dealkylation sites (N-methyl/N-ethyl adjacent to an activating group) is 1. The number of pyridine rings is 1. The van der Waals surface area contributed by atoms with Gasteiger partial charge in [0.05, 0.1) is 11.9 Å². The molecule has 1 unspecified atom stereocenters. The van der Waals surface area contributed by atoms with Crippen molar-refractivity contribution < 1.29 is 4.79 Å². The van der Waals surface area contributed by atoms with Gasteiger partial charge in [-0.15, -0.1) is 0 Å². The second kappa shape index (κ2) is 7.19. The number of H-pyrrole nitrogens is 1. The van der Waals surface area contributed by atoms with Gasteiger partial charge >= 0.3 is 0 Å². The van der Waals surface area contributed by atoms with E-state index in [1.54, 1.807) is 43.4 Å². The Morgan fingerprint density at radius 2 is 2.03 bits per heavy atom. The molecule has 0 fully saturated rings. The van der Waals surface area contributed by atoms with Crippen LogP contribution in [0.15, 0.2) is 49.2 Å². The minimum absolute atomic E-state index is 0.107. The van der Waals surface area contributed by atoms with Crippen molar-refractivity contribution in [1.29, 1.82) is 0 Å². The molecule has 32 heavy (non-hydrogen) atoms. The lowest BCUT2D eigenvalue weighted by molar-refractivity contribution is -0.138. The molecule has 5 rings (SSSR count). The fraction of sp³-hybridized carbons (Fsp3) is 0.227. The number of aromatic amines is 1. The maximum absolute atomic E-state index is 12.7. The summed E-state index contributed by atoms with van der Waals surface area (Å²) in [5.41, 5.74) is 9.89. The van der Waals surface area contributed by atoms with Crippen LogP contribution in [0.3, 0.4) is 0 Å². The van der Waals surface area contributed by atoms with Crippen molar-refractivity contribution in [3.8, 4) is 22.4 Å². The van der Waals surface area contributed by atoms with Crippen LogP contribution >= 0.6 is 0 Å². The molecule has 1 aliphatic rings. The Kier molecular flexibility index (Phi) is 4.43. The highest BCUT2D eigenvalue weighted by atomic mass is 16.2. The largest absolute Gasteiger partial charge is 0.368 e. The summed E-state index contributed by atoms with van der Waals surface area (Å²) in [6.07, 6.45) is 11.5. The number of nitrogen functional groups attached to an aromatic ring is 1. The molecule has 1 aliphatic heterocycles. The van der Waals surface area contributed by atoms with E-state index in [0.29, 0.717) is 0 Å². The lowest BCUT2D eigenvalue weighted by Gasteiger charge is -2.37. The number of amides is 1. The maximum Gasteiger partial charge on any atom is 0.274 e. The highest BCUT2D eigenvalue weighted by Gasteiger charge is 2.43. The number of rotatable bonds is 5. The van der Waals surface area contributed by atoms with Gasteiger partial charge in [-0.25, -0.2) is 19.6 Å². The maximum atomic E-state index is 12.7. The van der Waals surface area contributed by atoms with Crippen LogP contribution in [0.4, 0.5) is 5.95 Å². The molecular formula is C22H23N9O. The first-order valence-corrected chi connectivity index (χ1v) is 10.2. The molecule has 0 spiro atoms. The third-order valence-electron chi connectivity index (χ3n) is 5.60. The van der Waals surface area contributed by atoms with Gasteiger partial charge in [-0.05, 0) is 30.8 Å². The van der Waals surface area contributed by atoms with Crippen molar-refractivity contribution in [2.75, 3.05) is 19.8 Å². The van der Waals surface area contributed by atoms with Crippen LogP contribution in [0, 0.1) is 0 Å². The number of hydrogen-bond acceptors (Lipinski definition) is 7. The van der Waals surface area contributed by atoms with Crippen molar-refractivity contribution in [1.82, 2.24) is 39.9 Å². The molecule has 0 saturated carbocycles. The van der Waals surface area contributed by atoms with E-state index in [9.17, 15) is 4.79 Å². The van der Waals surface area contributed by atoms with Gasteiger partial charge in [-0.1, -0.05) is 6.92 Å². The number of fused-ring (bicyclic) bond motifs is 1. The minimum atomic E-state index is -1.01. The van der Waals surface area contributed by atoms with Crippen molar-refractivity contribution in [3.05, 3.63) is 54.9 Å². The normalized spacial score (nSPS) is 17.2. The first kappa shape index (κ1) is 19.7. The van der Waals surface area contributed by atoms with Crippen LogP contribution in [0.5, 0.6) is 0 Å². The molecule has 0 saturated heterocycles. The Labute approximate surface area is 184 Å². The van der Waals surface area contributed by atoms with E-state index < -0.39 is 5.66 Å². The van der Waals surface area contributed by atoms with E-state index in [-0.39, 0.29) is 11.9 Å². The molecule has 4 aromatic rings. The van der Waals surface area contributed by atoms with Crippen LogP contribution in [-0.4, -0.2) is 54.6 Å². The van der Waals surface area contributed by atoms with Crippen molar-refractivity contribution in [2.45, 2.75) is 19.0 Å². The molecule has 1 atom stereocenters. The predicted octanol–water partition coefficient (Wildman–Crippen LogP) is 1.89. The molecule has 0 bridgehead atoms. The molecule has 0 radical (unpaired) electrons. The number of nitrogens with two attached hydrogens (primary N) is 1. The average Bonchev–Trinajstić information content (AvgIpc) is 3.39. The monoisotopic (exact) mass is 429 g/mol. The third kappa shape index (κ3) is 2.99. The standard InChI is InChI=1S/C22H23N9O/c1-4-15-8-18(29-21(23)28-15)17-11-25-19-16(17)7-13(9-24-19)14-10-27-31(12-14)22(5-6-26-22)20(32)30(2)3/h5-12,26H,4H2,1-3H3,(H,24,25)(H2,23,28,29). The zero-order chi connectivity index (χ0) is 22.5. The van der Waals surface area contributed by atoms with E-state index >= 15 is 0 Å². The molecule has 0 aromatic carbocycles. The smallest absolute Gasteiger partial charge is 0.274 e. The number of anilines is 1. The molecule has 10 heteroatoms. The summed E-state index contributed by atoms with van der Waals surface area (Å²) in [5.74, 6) is 0.139. The van der Waals surface area contributed by atoms with Gasteiger partial charge in [0.2, 0.25) is 11.6 Å². The molecule has 10 nitrogen and oxygen atoms in total. The Morgan fingerprint density at radius 3 is 2.72 bits per heavy atom. The zero-order valence-electron chi connectivity index (χ0n) is 18.0. The number of aromatic nitrogens is 6. The Bertz CT molecular complexity index is 1370.